The van der Waals surface area contributed by atoms with Crippen molar-refractivity contribution in [1.29, 1.82) is 0 Å². The fourth-order valence-corrected chi connectivity index (χ4v) is 3.02. The number of carboxylic acids is 1. The maximum Gasteiger partial charge on any atom is 0.329 e. The molecule has 1 saturated carbocycles. The van der Waals surface area contributed by atoms with Gasteiger partial charge in [0.25, 0.3) is 0 Å². The van der Waals surface area contributed by atoms with E-state index in [0.29, 0.717) is 31.8 Å². The van der Waals surface area contributed by atoms with Gasteiger partial charge >= 0.3 is 12.0 Å². The largest absolute Gasteiger partial charge is 0.480 e. The van der Waals surface area contributed by atoms with Gasteiger partial charge in [0, 0.05) is 13.1 Å². The van der Waals surface area contributed by atoms with E-state index in [1.807, 2.05) is 6.92 Å². The number of aliphatic carboxylic acids is 1. The SMILES string of the molecule is CC1=CCCN(C(=O)NC2(C(=O)O)CCC(C)CC2)C1. The van der Waals surface area contributed by atoms with Gasteiger partial charge in [0.1, 0.15) is 5.54 Å². The molecule has 0 saturated heterocycles. The van der Waals surface area contributed by atoms with Gasteiger partial charge < -0.3 is 15.3 Å². The lowest BCUT2D eigenvalue weighted by Crippen LogP contribution is -2.59. The Balaban J connectivity index is 2.03. The number of rotatable bonds is 2. The number of carbonyl (C=O) groups excluding carboxylic acids is 1. The molecule has 0 aromatic carbocycles. The second kappa shape index (κ2) is 5.85. The Labute approximate surface area is 120 Å². The van der Waals surface area contributed by atoms with Crippen molar-refractivity contribution in [2.45, 2.75) is 51.5 Å². The number of hydrogen-bond donors (Lipinski definition) is 2. The molecule has 2 amide bonds. The fraction of sp³-hybridized carbons (Fsp3) is 0.733. The van der Waals surface area contributed by atoms with Crippen LogP contribution in [0.4, 0.5) is 4.79 Å². The van der Waals surface area contributed by atoms with Crippen molar-refractivity contribution >= 4 is 12.0 Å². The van der Waals surface area contributed by atoms with Gasteiger partial charge in [0.05, 0.1) is 0 Å². The fourth-order valence-electron chi connectivity index (χ4n) is 3.02. The molecule has 1 heterocycles. The van der Waals surface area contributed by atoms with Gasteiger partial charge in [0.2, 0.25) is 0 Å². The summed E-state index contributed by atoms with van der Waals surface area (Å²) < 4.78 is 0. The topological polar surface area (TPSA) is 69.6 Å². The number of hydrogen-bond acceptors (Lipinski definition) is 2. The Bertz CT molecular complexity index is 423. The Hall–Kier alpha value is -1.52. The first-order valence-electron chi connectivity index (χ1n) is 7.39. The van der Waals surface area contributed by atoms with E-state index in [0.717, 1.165) is 24.8 Å². The van der Waals surface area contributed by atoms with Crippen LogP contribution in [0.25, 0.3) is 0 Å². The number of carboxylic acid groups (broad SMARTS) is 1. The molecule has 0 spiro atoms. The van der Waals surface area contributed by atoms with Gasteiger partial charge in [-0.2, -0.15) is 0 Å². The molecule has 0 aromatic rings. The summed E-state index contributed by atoms with van der Waals surface area (Å²) in [6.07, 6.45) is 5.72. The van der Waals surface area contributed by atoms with E-state index < -0.39 is 11.5 Å². The molecule has 2 rings (SSSR count). The lowest BCUT2D eigenvalue weighted by atomic mass is 9.77. The van der Waals surface area contributed by atoms with E-state index in [-0.39, 0.29) is 6.03 Å². The Morgan fingerprint density at radius 1 is 1.40 bits per heavy atom. The van der Waals surface area contributed by atoms with Crippen LogP contribution >= 0.6 is 0 Å². The van der Waals surface area contributed by atoms with Gasteiger partial charge in [-0.15, -0.1) is 0 Å². The molecule has 1 aliphatic heterocycles. The standard InChI is InChI=1S/C15H24N2O3/c1-11-5-7-15(8-6-11,13(18)19)16-14(20)17-9-3-4-12(2)10-17/h4,11H,3,5-10H2,1-2H3,(H,16,20)(H,18,19). The van der Waals surface area contributed by atoms with Gasteiger partial charge in [-0.05, 0) is 44.9 Å². The first-order chi connectivity index (χ1) is 9.43. The molecule has 1 fully saturated rings. The van der Waals surface area contributed by atoms with E-state index in [9.17, 15) is 14.7 Å². The zero-order chi connectivity index (χ0) is 14.8. The molecule has 5 heteroatoms. The zero-order valence-electron chi connectivity index (χ0n) is 12.3. The minimum Gasteiger partial charge on any atom is -0.480 e. The van der Waals surface area contributed by atoms with Gasteiger partial charge in [-0.1, -0.05) is 18.6 Å². The lowest BCUT2D eigenvalue weighted by Gasteiger charge is -2.38. The number of carbonyl (C=O) groups is 2. The smallest absolute Gasteiger partial charge is 0.329 e. The second-order valence-electron chi connectivity index (χ2n) is 6.26. The summed E-state index contributed by atoms with van der Waals surface area (Å²) in [5.41, 5.74) is 0.0894. The first kappa shape index (κ1) is 14.9. The summed E-state index contributed by atoms with van der Waals surface area (Å²) in [7, 11) is 0. The summed E-state index contributed by atoms with van der Waals surface area (Å²) in [5.74, 6) is -0.360. The molecule has 5 nitrogen and oxygen atoms in total. The first-order valence-corrected chi connectivity index (χ1v) is 7.39. The summed E-state index contributed by atoms with van der Waals surface area (Å²) >= 11 is 0. The maximum atomic E-state index is 12.3. The summed E-state index contributed by atoms with van der Waals surface area (Å²) in [5, 5.41) is 12.3. The monoisotopic (exact) mass is 280 g/mol. The maximum absolute atomic E-state index is 12.3. The number of amides is 2. The molecule has 0 bridgehead atoms. The highest BCUT2D eigenvalue weighted by Gasteiger charge is 2.43. The number of nitrogens with zero attached hydrogens (tertiary/aromatic N) is 1. The van der Waals surface area contributed by atoms with E-state index in [1.54, 1.807) is 4.90 Å². The van der Waals surface area contributed by atoms with Gasteiger partial charge in [-0.3, -0.25) is 0 Å². The molecule has 2 N–H and O–H groups in total. The van der Waals surface area contributed by atoms with Crippen LogP contribution < -0.4 is 5.32 Å². The van der Waals surface area contributed by atoms with E-state index in [1.165, 1.54) is 0 Å². The van der Waals surface area contributed by atoms with Crippen LogP contribution in [0.3, 0.4) is 0 Å². The minimum absolute atomic E-state index is 0.241. The highest BCUT2D eigenvalue weighted by molar-refractivity contribution is 5.86. The van der Waals surface area contributed by atoms with Crippen molar-refractivity contribution in [1.82, 2.24) is 10.2 Å². The second-order valence-corrected chi connectivity index (χ2v) is 6.26. The van der Waals surface area contributed by atoms with Crippen LogP contribution in [-0.2, 0) is 4.79 Å². The Morgan fingerprint density at radius 3 is 2.60 bits per heavy atom. The molecular weight excluding hydrogens is 256 g/mol. The third kappa shape index (κ3) is 3.14. The van der Waals surface area contributed by atoms with Gasteiger partial charge in [0.15, 0.2) is 0 Å². The highest BCUT2D eigenvalue weighted by Crippen LogP contribution is 2.32. The Kier molecular flexibility index (Phi) is 4.35. The highest BCUT2D eigenvalue weighted by atomic mass is 16.4. The Morgan fingerprint density at radius 2 is 2.05 bits per heavy atom. The molecule has 2 aliphatic rings. The predicted molar refractivity (Wildman–Crippen MR) is 76.5 cm³/mol. The number of nitrogens with one attached hydrogen (secondary N) is 1. The van der Waals surface area contributed by atoms with Crippen molar-refractivity contribution in [3.63, 3.8) is 0 Å². The van der Waals surface area contributed by atoms with Crippen molar-refractivity contribution in [3.8, 4) is 0 Å². The minimum atomic E-state index is -1.07. The van der Waals surface area contributed by atoms with Crippen LogP contribution in [0.15, 0.2) is 11.6 Å². The molecule has 20 heavy (non-hydrogen) atoms. The van der Waals surface area contributed by atoms with Crippen molar-refractivity contribution < 1.29 is 14.7 Å². The molecule has 0 aromatic heterocycles. The third-order valence-electron chi connectivity index (χ3n) is 4.50. The van der Waals surface area contributed by atoms with Crippen LogP contribution in [0.2, 0.25) is 0 Å². The average Bonchev–Trinajstić information content (AvgIpc) is 2.41. The quantitative estimate of drug-likeness (QED) is 0.763. The zero-order valence-corrected chi connectivity index (χ0v) is 12.3. The summed E-state index contributed by atoms with van der Waals surface area (Å²) in [6, 6.07) is -0.241. The normalized spacial score (nSPS) is 30.6. The van der Waals surface area contributed by atoms with Crippen molar-refractivity contribution in [2.24, 2.45) is 5.92 Å². The van der Waals surface area contributed by atoms with Crippen LogP contribution in [0.1, 0.15) is 46.0 Å². The average molecular weight is 280 g/mol. The van der Waals surface area contributed by atoms with Crippen LogP contribution in [-0.4, -0.2) is 40.6 Å². The third-order valence-corrected chi connectivity index (χ3v) is 4.50. The van der Waals surface area contributed by atoms with Crippen LogP contribution in [0, 0.1) is 5.92 Å². The van der Waals surface area contributed by atoms with Crippen molar-refractivity contribution in [3.05, 3.63) is 11.6 Å². The molecule has 1 aliphatic carbocycles. The van der Waals surface area contributed by atoms with Crippen LogP contribution in [0.5, 0.6) is 0 Å². The lowest BCUT2D eigenvalue weighted by molar-refractivity contribution is -0.146. The van der Waals surface area contributed by atoms with Gasteiger partial charge in [-0.25, -0.2) is 9.59 Å². The molecular formula is C15H24N2O3. The predicted octanol–water partition coefficient (Wildman–Crippen LogP) is 2.38. The molecule has 0 atom stereocenters. The van der Waals surface area contributed by atoms with Crippen molar-refractivity contribution in [2.75, 3.05) is 13.1 Å². The number of urea groups is 1. The van der Waals surface area contributed by atoms with E-state index in [4.69, 9.17) is 0 Å². The summed E-state index contributed by atoms with van der Waals surface area (Å²) in [6.45, 7) is 5.38. The molecule has 112 valence electrons. The molecule has 0 unspecified atom stereocenters. The molecule has 0 radical (unpaired) electrons. The van der Waals surface area contributed by atoms with E-state index >= 15 is 0 Å². The van der Waals surface area contributed by atoms with E-state index in [2.05, 4.69) is 18.3 Å². The summed E-state index contributed by atoms with van der Waals surface area (Å²) in [4.78, 5) is 25.7.